The van der Waals surface area contributed by atoms with Crippen molar-refractivity contribution in [3.8, 4) is 0 Å². The highest BCUT2D eigenvalue weighted by Crippen LogP contribution is 2.33. The van der Waals surface area contributed by atoms with E-state index in [0.717, 1.165) is 18.9 Å². The van der Waals surface area contributed by atoms with E-state index in [2.05, 4.69) is 25.7 Å². The van der Waals surface area contributed by atoms with E-state index in [1.54, 1.807) is 0 Å². The molecule has 0 aromatic rings. The maximum atomic E-state index is 8.79. The Labute approximate surface area is 93.6 Å². The minimum absolute atomic E-state index is 0.133. The molecule has 1 saturated heterocycles. The quantitative estimate of drug-likeness (QED) is 0.736. The van der Waals surface area contributed by atoms with Crippen molar-refractivity contribution in [1.82, 2.24) is 4.90 Å². The van der Waals surface area contributed by atoms with Gasteiger partial charge in [-0.05, 0) is 30.7 Å². The van der Waals surface area contributed by atoms with Gasteiger partial charge in [-0.3, -0.25) is 0 Å². The Morgan fingerprint density at radius 1 is 1.47 bits per heavy atom. The molecule has 0 saturated carbocycles. The normalized spacial score (nSPS) is 25.8. The summed E-state index contributed by atoms with van der Waals surface area (Å²) in [5.74, 6) is 0.791. The van der Waals surface area contributed by atoms with Gasteiger partial charge in [0.2, 0.25) is 0 Å². The smallest absolute Gasteiger partial charge is 0.0446 e. The standard InChI is InChI=1S/C12H26N2O/c1-12(2,3)10-4-6-14(8-10)9-11(13)5-7-15/h10-11,15H,4-9,13H2,1-3H3. The van der Waals surface area contributed by atoms with E-state index in [4.69, 9.17) is 10.8 Å². The van der Waals surface area contributed by atoms with Crippen molar-refractivity contribution < 1.29 is 5.11 Å². The van der Waals surface area contributed by atoms with Crippen LogP contribution in [-0.2, 0) is 0 Å². The highest BCUT2D eigenvalue weighted by atomic mass is 16.3. The summed E-state index contributed by atoms with van der Waals surface area (Å²) in [6, 6.07) is 0.133. The van der Waals surface area contributed by atoms with E-state index in [9.17, 15) is 0 Å². The highest BCUT2D eigenvalue weighted by molar-refractivity contribution is 4.85. The van der Waals surface area contributed by atoms with Gasteiger partial charge < -0.3 is 15.7 Å². The maximum Gasteiger partial charge on any atom is 0.0446 e. The van der Waals surface area contributed by atoms with E-state index in [1.807, 2.05) is 0 Å². The fourth-order valence-corrected chi connectivity index (χ4v) is 2.29. The first-order valence-electron chi connectivity index (χ1n) is 6.02. The van der Waals surface area contributed by atoms with Crippen molar-refractivity contribution >= 4 is 0 Å². The molecule has 1 rings (SSSR count). The molecule has 90 valence electrons. The molecule has 0 spiro atoms. The van der Waals surface area contributed by atoms with Crippen LogP contribution in [0.1, 0.15) is 33.6 Å². The molecule has 3 heteroatoms. The molecule has 1 heterocycles. The van der Waals surface area contributed by atoms with E-state index < -0.39 is 0 Å². The number of nitrogens with zero attached hydrogens (tertiary/aromatic N) is 1. The molecule has 0 amide bonds. The number of hydrogen-bond acceptors (Lipinski definition) is 3. The van der Waals surface area contributed by atoms with Crippen LogP contribution < -0.4 is 5.73 Å². The van der Waals surface area contributed by atoms with Crippen LogP contribution in [0.3, 0.4) is 0 Å². The monoisotopic (exact) mass is 214 g/mol. The Hall–Kier alpha value is -0.120. The molecule has 0 bridgehead atoms. The molecule has 0 aromatic carbocycles. The molecular formula is C12H26N2O. The third kappa shape index (κ3) is 4.09. The average molecular weight is 214 g/mol. The molecule has 15 heavy (non-hydrogen) atoms. The first-order valence-corrected chi connectivity index (χ1v) is 6.02. The topological polar surface area (TPSA) is 49.5 Å². The molecule has 0 radical (unpaired) electrons. The van der Waals surface area contributed by atoms with E-state index in [1.165, 1.54) is 19.5 Å². The molecule has 1 aliphatic heterocycles. The van der Waals surface area contributed by atoms with Gasteiger partial charge in [-0.25, -0.2) is 0 Å². The summed E-state index contributed by atoms with van der Waals surface area (Å²) in [4.78, 5) is 2.44. The average Bonchev–Trinajstić information content (AvgIpc) is 2.52. The zero-order chi connectivity index (χ0) is 11.5. The van der Waals surface area contributed by atoms with Crippen LogP contribution in [0, 0.1) is 11.3 Å². The van der Waals surface area contributed by atoms with Crippen LogP contribution in [0.4, 0.5) is 0 Å². The number of aliphatic hydroxyl groups is 1. The number of rotatable bonds is 4. The lowest BCUT2D eigenvalue weighted by Gasteiger charge is -2.27. The summed E-state index contributed by atoms with van der Waals surface area (Å²) in [5, 5.41) is 8.79. The van der Waals surface area contributed by atoms with Gasteiger partial charge in [-0.2, -0.15) is 0 Å². The lowest BCUT2D eigenvalue weighted by molar-refractivity contribution is 0.213. The zero-order valence-corrected chi connectivity index (χ0v) is 10.4. The van der Waals surface area contributed by atoms with Crippen molar-refractivity contribution in [2.75, 3.05) is 26.2 Å². The Kier molecular flexibility index (Phi) is 4.56. The SMILES string of the molecule is CC(C)(C)C1CCN(CC(N)CCO)C1. The number of hydrogen-bond donors (Lipinski definition) is 2. The predicted molar refractivity (Wildman–Crippen MR) is 63.7 cm³/mol. The van der Waals surface area contributed by atoms with Gasteiger partial charge in [0.15, 0.2) is 0 Å². The predicted octanol–water partition coefficient (Wildman–Crippen LogP) is 1.06. The van der Waals surface area contributed by atoms with Crippen LogP contribution in [-0.4, -0.2) is 42.3 Å². The first kappa shape index (κ1) is 12.9. The molecule has 3 N–H and O–H groups in total. The second-order valence-electron chi connectivity index (χ2n) is 5.88. The lowest BCUT2D eigenvalue weighted by atomic mass is 9.80. The van der Waals surface area contributed by atoms with Crippen molar-refractivity contribution in [2.24, 2.45) is 17.1 Å². The lowest BCUT2D eigenvalue weighted by Crippen LogP contribution is -2.37. The second kappa shape index (κ2) is 5.28. The minimum atomic E-state index is 0.133. The summed E-state index contributed by atoms with van der Waals surface area (Å²) in [7, 11) is 0. The maximum absolute atomic E-state index is 8.79. The molecule has 3 nitrogen and oxygen atoms in total. The molecular weight excluding hydrogens is 188 g/mol. The van der Waals surface area contributed by atoms with Crippen LogP contribution in [0.25, 0.3) is 0 Å². The van der Waals surface area contributed by atoms with Gasteiger partial charge in [0.05, 0.1) is 0 Å². The van der Waals surface area contributed by atoms with Crippen molar-refractivity contribution in [3.05, 3.63) is 0 Å². The Bertz CT molecular complexity index is 189. The number of likely N-dealkylation sites (tertiary alicyclic amines) is 1. The van der Waals surface area contributed by atoms with Crippen molar-refractivity contribution in [2.45, 2.75) is 39.7 Å². The van der Waals surface area contributed by atoms with Crippen LogP contribution in [0.5, 0.6) is 0 Å². The van der Waals surface area contributed by atoms with Crippen LogP contribution in [0.2, 0.25) is 0 Å². The zero-order valence-electron chi connectivity index (χ0n) is 10.4. The number of aliphatic hydroxyl groups excluding tert-OH is 1. The van der Waals surface area contributed by atoms with Crippen molar-refractivity contribution in [1.29, 1.82) is 0 Å². The largest absolute Gasteiger partial charge is 0.396 e. The van der Waals surface area contributed by atoms with Crippen LogP contribution in [0.15, 0.2) is 0 Å². The van der Waals surface area contributed by atoms with Gasteiger partial charge in [-0.15, -0.1) is 0 Å². The first-order chi connectivity index (χ1) is 6.93. The van der Waals surface area contributed by atoms with E-state index in [-0.39, 0.29) is 12.6 Å². The summed E-state index contributed by atoms with van der Waals surface area (Å²) < 4.78 is 0. The third-order valence-corrected chi connectivity index (χ3v) is 3.49. The Morgan fingerprint density at radius 2 is 2.13 bits per heavy atom. The second-order valence-corrected chi connectivity index (χ2v) is 5.88. The fourth-order valence-electron chi connectivity index (χ4n) is 2.29. The summed E-state index contributed by atoms with van der Waals surface area (Å²) in [5.41, 5.74) is 6.33. The molecule has 0 aromatic heterocycles. The molecule has 2 unspecified atom stereocenters. The van der Waals surface area contributed by atoms with E-state index in [0.29, 0.717) is 5.41 Å². The fraction of sp³-hybridized carbons (Fsp3) is 1.00. The summed E-state index contributed by atoms with van der Waals surface area (Å²) in [6.45, 7) is 10.4. The molecule has 0 aliphatic carbocycles. The van der Waals surface area contributed by atoms with E-state index >= 15 is 0 Å². The van der Waals surface area contributed by atoms with Crippen molar-refractivity contribution in [3.63, 3.8) is 0 Å². The number of nitrogens with two attached hydrogens (primary N) is 1. The summed E-state index contributed by atoms with van der Waals surface area (Å²) >= 11 is 0. The van der Waals surface area contributed by atoms with Gasteiger partial charge in [0.25, 0.3) is 0 Å². The molecule has 1 aliphatic rings. The minimum Gasteiger partial charge on any atom is -0.396 e. The highest BCUT2D eigenvalue weighted by Gasteiger charge is 2.31. The van der Waals surface area contributed by atoms with Gasteiger partial charge >= 0.3 is 0 Å². The summed E-state index contributed by atoms with van der Waals surface area (Å²) in [6.07, 6.45) is 2.01. The van der Waals surface area contributed by atoms with Gasteiger partial charge in [-0.1, -0.05) is 20.8 Å². The van der Waals surface area contributed by atoms with Crippen LogP contribution >= 0.6 is 0 Å². The Morgan fingerprint density at radius 3 is 2.60 bits per heavy atom. The third-order valence-electron chi connectivity index (χ3n) is 3.49. The molecule has 1 fully saturated rings. The molecule has 2 atom stereocenters. The Balaban J connectivity index is 2.30. The van der Waals surface area contributed by atoms with Gasteiger partial charge in [0.1, 0.15) is 0 Å². The van der Waals surface area contributed by atoms with Gasteiger partial charge in [0, 0.05) is 25.7 Å².